The zero-order chi connectivity index (χ0) is 12.8. The van der Waals surface area contributed by atoms with Gasteiger partial charge in [-0.25, -0.2) is 0 Å². The van der Waals surface area contributed by atoms with Crippen molar-refractivity contribution in [2.75, 3.05) is 0 Å². The molecule has 0 atom stereocenters. The molecule has 1 aliphatic carbocycles. The van der Waals surface area contributed by atoms with Gasteiger partial charge in [0.1, 0.15) is 0 Å². The van der Waals surface area contributed by atoms with E-state index in [1.165, 1.54) is 62.6 Å². The summed E-state index contributed by atoms with van der Waals surface area (Å²) in [5.41, 5.74) is 2.60. The van der Waals surface area contributed by atoms with Crippen molar-refractivity contribution < 1.29 is 0 Å². The molecule has 100 valence electrons. The first kappa shape index (κ1) is 13.6. The molecule has 0 bridgehead atoms. The summed E-state index contributed by atoms with van der Waals surface area (Å²) in [6, 6.07) is 4.44. The van der Waals surface area contributed by atoms with Crippen LogP contribution in [-0.4, -0.2) is 4.98 Å². The molecule has 0 aromatic carbocycles. The summed E-state index contributed by atoms with van der Waals surface area (Å²) in [4.78, 5) is 4.60. The van der Waals surface area contributed by atoms with Crippen molar-refractivity contribution in [1.82, 2.24) is 4.98 Å². The molecule has 0 N–H and O–H groups in total. The van der Waals surface area contributed by atoms with Crippen LogP contribution >= 0.6 is 0 Å². The Hall–Kier alpha value is -0.850. The molecule has 1 aliphatic rings. The van der Waals surface area contributed by atoms with Crippen LogP contribution in [0.1, 0.15) is 75.5 Å². The molecule has 0 unspecified atom stereocenters. The van der Waals surface area contributed by atoms with Gasteiger partial charge in [0.15, 0.2) is 0 Å². The molecule has 0 aliphatic heterocycles. The Balaban J connectivity index is 1.77. The summed E-state index contributed by atoms with van der Waals surface area (Å²) in [6.45, 7) is 4.40. The van der Waals surface area contributed by atoms with Crippen LogP contribution in [0.5, 0.6) is 0 Å². The molecule has 0 saturated heterocycles. The highest BCUT2D eigenvalue weighted by Crippen LogP contribution is 2.36. The SMILES string of the molecule is CCCCC[C@H]1CC[C@H](c2ccc(C)cn2)CC1. The molecule has 1 heterocycles. The fourth-order valence-corrected chi connectivity index (χ4v) is 3.15. The maximum atomic E-state index is 4.60. The van der Waals surface area contributed by atoms with Gasteiger partial charge in [-0.1, -0.05) is 38.7 Å². The maximum absolute atomic E-state index is 4.60. The zero-order valence-electron chi connectivity index (χ0n) is 12.0. The minimum atomic E-state index is 0.730. The number of unbranched alkanes of at least 4 members (excludes halogenated alkanes) is 2. The van der Waals surface area contributed by atoms with Crippen LogP contribution in [0.15, 0.2) is 18.3 Å². The first-order valence-corrected chi connectivity index (χ1v) is 7.72. The standard InChI is InChI=1S/C17H27N/c1-3-4-5-6-15-8-10-16(11-9-15)17-12-7-14(2)13-18-17/h7,12-13,15-16H,3-6,8-11H2,1-2H3/t15-,16-. The van der Waals surface area contributed by atoms with Gasteiger partial charge in [0.05, 0.1) is 0 Å². The van der Waals surface area contributed by atoms with Gasteiger partial charge in [-0.15, -0.1) is 0 Å². The van der Waals surface area contributed by atoms with E-state index in [1.807, 2.05) is 6.20 Å². The van der Waals surface area contributed by atoms with Crippen LogP contribution < -0.4 is 0 Å². The Morgan fingerprint density at radius 2 is 1.89 bits per heavy atom. The van der Waals surface area contributed by atoms with Crippen molar-refractivity contribution in [1.29, 1.82) is 0 Å². The maximum Gasteiger partial charge on any atom is 0.0434 e. The number of rotatable bonds is 5. The average molecular weight is 245 g/mol. The van der Waals surface area contributed by atoms with Crippen molar-refractivity contribution in [2.24, 2.45) is 5.92 Å². The van der Waals surface area contributed by atoms with E-state index in [2.05, 4.69) is 31.0 Å². The Bertz CT molecular complexity index is 333. The first-order valence-electron chi connectivity index (χ1n) is 7.72. The molecule has 0 spiro atoms. The van der Waals surface area contributed by atoms with Crippen molar-refractivity contribution in [3.63, 3.8) is 0 Å². The zero-order valence-corrected chi connectivity index (χ0v) is 12.0. The van der Waals surface area contributed by atoms with Crippen LogP contribution in [-0.2, 0) is 0 Å². The molecule has 1 aromatic heterocycles. The quantitative estimate of drug-likeness (QED) is 0.646. The Labute approximate surface area is 112 Å². The lowest BCUT2D eigenvalue weighted by Gasteiger charge is -2.28. The van der Waals surface area contributed by atoms with Gasteiger partial charge in [-0.2, -0.15) is 0 Å². The Morgan fingerprint density at radius 3 is 2.50 bits per heavy atom. The topological polar surface area (TPSA) is 12.9 Å². The minimum Gasteiger partial charge on any atom is -0.261 e. The predicted octanol–water partition coefficient (Wildman–Crippen LogP) is 5.24. The summed E-state index contributed by atoms with van der Waals surface area (Å²) >= 11 is 0. The molecule has 1 heteroatoms. The fourth-order valence-electron chi connectivity index (χ4n) is 3.15. The number of aryl methyl sites for hydroxylation is 1. The van der Waals surface area contributed by atoms with Crippen molar-refractivity contribution >= 4 is 0 Å². The highest BCUT2D eigenvalue weighted by molar-refractivity contribution is 5.16. The number of hydrogen-bond donors (Lipinski definition) is 0. The second kappa shape index (κ2) is 6.92. The number of nitrogens with zero attached hydrogens (tertiary/aromatic N) is 1. The molecule has 0 radical (unpaired) electrons. The van der Waals surface area contributed by atoms with E-state index in [0.29, 0.717) is 0 Å². The van der Waals surface area contributed by atoms with Gasteiger partial charge in [0.25, 0.3) is 0 Å². The third-order valence-corrected chi connectivity index (χ3v) is 4.42. The van der Waals surface area contributed by atoms with E-state index in [1.54, 1.807) is 0 Å². The molecular formula is C17H27N. The van der Waals surface area contributed by atoms with Crippen molar-refractivity contribution in [3.8, 4) is 0 Å². The van der Waals surface area contributed by atoms with Crippen LogP contribution in [0.4, 0.5) is 0 Å². The largest absolute Gasteiger partial charge is 0.261 e. The first-order chi connectivity index (χ1) is 8.79. The average Bonchev–Trinajstić information content (AvgIpc) is 2.41. The molecule has 1 nitrogen and oxygen atoms in total. The summed E-state index contributed by atoms with van der Waals surface area (Å²) in [7, 11) is 0. The highest BCUT2D eigenvalue weighted by atomic mass is 14.7. The van der Waals surface area contributed by atoms with Crippen LogP contribution in [0.3, 0.4) is 0 Å². The smallest absolute Gasteiger partial charge is 0.0434 e. The van der Waals surface area contributed by atoms with Crippen LogP contribution in [0.2, 0.25) is 0 Å². The molecule has 1 aromatic rings. The van der Waals surface area contributed by atoms with E-state index in [0.717, 1.165) is 11.8 Å². The molecule has 0 amide bonds. The second-order valence-corrected chi connectivity index (χ2v) is 5.97. The van der Waals surface area contributed by atoms with E-state index in [4.69, 9.17) is 0 Å². The number of aromatic nitrogens is 1. The predicted molar refractivity (Wildman–Crippen MR) is 77.8 cm³/mol. The molecule has 1 fully saturated rings. The molecule has 1 saturated carbocycles. The highest BCUT2D eigenvalue weighted by Gasteiger charge is 2.22. The normalized spacial score (nSPS) is 24.1. The lowest BCUT2D eigenvalue weighted by molar-refractivity contribution is 0.300. The van der Waals surface area contributed by atoms with Gasteiger partial charge in [0.2, 0.25) is 0 Å². The van der Waals surface area contributed by atoms with E-state index < -0.39 is 0 Å². The molecule has 18 heavy (non-hydrogen) atoms. The van der Waals surface area contributed by atoms with E-state index >= 15 is 0 Å². The summed E-state index contributed by atoms with van der Waals surface area (Å²) in [5, 5.41) is 0. The lowest BCUT2D eigenvalue weighted by atomic mass is 9.78. The van der Waals surface area contributed by atoms with Crippen LogP contribution in [0.25, 0.3) is 0 Å². The lowest BCUT2D eigenvalue weighted by Crippen LogP contribution is -2.14. The summed E-state index contributed by atoms with van der Waals surface area (Å²) < 4.78 is 0. The summed E-state index contributed by atoms with van der Waals surface area (Å²) in [6.07, 6.45) is 13.2. The van der Waals surface area contributed by atoms with Crippen molar-refractivity contribution in [3.05, 3.63) is 29.6 Å². The third kappa shape index (κ3) is 3.83. The van der Waals surface area contributed by atoms with Gasteiger partial charge in [-0.3, -0.25) is 4.98 Å². The van der Waals surface area contributed by atoms with Crippen molar-refractivity contribution in [2.45, 2.75) is 71.1 Å². The number of pyridine rings is 1. The van der Waals surface area contributed by atoms with E-state index in [-0.39, 0.29) is 0 Å². The third-order valence-electron chi connectivity index (χ3n) is 4.42. The Kier molecular flexibility index (Phi) is 5.22. The second-order valence-electron chi connectivity index (χ2n) is 5.97. The van der Waals surface area contributed by atoms with Gasteiger partial charge >= 0.3 is 0 Å². The fraction of sp³-hybridized carbons (Fsp3) is 0.706. The molecular weight excluding hydrogens is 218 g/mol. The van der Waals surface area contributed by atoms with Gasteiger partial charge < -0.3 is 0 Å². The van der Waals surface area contributed by atoms with E-state index in [9.17, 15) is 0 Å². The minimum absolute atomic E-state index is 0.730. The number of hydrogen-bond acceptors (Lipinski definition) is 1. The van der Waals surface area contributed by atoms with Gasteiger partial charge in [-0.05, 0) is 50.2 Å². The Morgan fingerprint density at radius 1 is 1.11 bits per heavy atom. The van der Waals surface area contributed by atoms with Gasteiger partial charge in [0, 0.05) is 17.8 Å². The molecule has 2 rings (SSSR count). The monoisotopic (exact) mass is 245 g/mol. The summed E-state index contributed by atoms with van der Waals surface area (Å²) in [5.74, 6) is 1.73. The van der Waals surface area contributed by atoms with Crippen LogP contribution in [0, 0.1) is 12.8 Å².